The van der Waals surface area contributed by atoms with Gasteiger partial charge in [-0.05, 0) is 43.6 Å². The summed E-state index contributed by atoms with van der Waals surface area (Å²) >= 11 is 0. The van der Waals surface area contributed by atoms with Gasteiger partial charge in [-0.3, -0.25) is 0 Å². The second kappa shape index (κ2) is 12.7. The van der Waals surface area contributed by atoms with Crippen molar-refractivity contribution < 1.29 is 23.0 Å². The first-order valence-corrected chi connectivity index (χ1v) is 11.5. The largest absolute Gasteiger partial charge is 0.498 e. The molecule has 0 aromatic carbocycles. The summed E-state index contributed by atoms with van der Waals surface area (Å²) in [5.74, 6) is -0.228. The van der Waals surface area contributed by atoms with Crippen LogP contribution < -0.4 is 0 Å². The number of unbranched alkanes of at least 4 members (excludes halogenated alkanes) is 2. The third kappa shape index (κ3) is 7.67. The summed E-state index contributed by atoms with van der Waals surface area (Å²) in [4.78, 5) is 0. The van der Waals surface area contributed by atoms with Gasteiger partial charge in [-0.15, -0.1) is 0 Å². The molecule has 0 amide bonds. The van der Waals surface area contributed by atoms with Crippen molar-refractivity contribution in [3.05, 3.63) is 23.0 Å². The topological polar surface area (TPSA) is 27.7 Å². The average molecular weight is 415 g/mol. The van der Waals surface area contributed by atoms with E-state index in [0.29, 0.717) is 30.9 Å². The fourth-order valence-electron chi connectivity index (χ4n) is 4.46. The minimum atomic E-state index is -0.866. The number of ether oxygens (including phenoxy) is 3. The van der Waals surface area contributed by atoms with E-state index in [1.54, 1.807) is 0 Å². The van der Waals surface area contributed by atoms with Crippen molar-refractivity contribution in [1.82, 2.24) is 0 Å². The normalized spacial score (nSPS) is 25.3. The summed E-state index contributed by atoms with van der Waals surface area (Å²) in [6.45, 7) is 7.06. The molecule has 0 N–H and O–H groups in total. The van der Waals surface area contributed by atoms with Crippen LogP contribution in [0.2, 0.25) is 0 Å². The maximum Gasteiger partial charge on any atom is 0.196 e. The highest BCUT2D eigenvalue weighted by atomic mass is 19.2. The molecule has 0 aromatic heterocycles. The Morgan fingerprint density at radius 3 is 2.28 bits per heavy atom. The van der Waals surface area contributed by atoms with E-state index in [2.05, 4.69) is 6.92 Å². The Kier molecular flexibility index (Phi) is 10.6. The molecule has 0 saturated heterocycles. The highest BCUT2D eigenvalue weighted by Gasteiger charge is 2.27. The van der Waals surface area contributed by atoms with E-state index in [0.717, 1.165) is 12.5 Å². The molecule has 3 nitrogen and oxygen atoms in total. The summed E-state index contributed by atoms with van der Waals surface area (Å²) in [6.07, 6.45) is 11.0. The maximum atomic E-state index is 14.3. The molecule has 1 fully saturated rings. The first-order chi connectivity index (χ1) is 14.0. The molecular formula is C24H40F2O3. The van der Waals surface area contributed by atoms with E-state index < -0.39 is 11.7 Å². The van der Waals surface area contributed by atoms with E-state index in [-0.39, 0.29) is 18.0 Å². The van der Waals surface area contributed by atoms with E-state index >= 15 is 0 Å². The van der Waals surface area contributed by atoms with Crippen LogP contribution in [0.3, 0.4) is 0 Å². The molecule has 2 aliphatic rings. The van der Waals surface area contributed by atoms with Crippen LogP contribution in [-0.2, 0) is 14.2 Å². The molecule has 2 rings (SSSR count). The van der Waals surface area contributed by atoms with E-state index in [4.69, 9.17) is 14.2 Å². The molecule has 0 heterocycles. The van der Waals surface area contributed by atoms with Gasteiger partial charge in [-0.1, -0.05) is 52.4 Å². The van der Waals surface area contributed by atoms with Crippen molar-refractivity contribution in [3.8, 4) is 0 Å². The van der Waals surface area contributed by atoms with Gasteiger partial charge in [0.2, 0.25) is 0 Å². The fourth-order valence-corrected chi connectivity index (χ4v) is 4.46. The van der Waals surface area contributed by atoms with Crippen LogP contribution in [0.5, 0.6) is 0 Å². The molecule has 29 heavy (non-hydrogen) atoms. The molecule has 2 unspecified atom stereocenters. The Hall–Kier alpha value is -0.940. The lowest BCUT2D eigenvalue weighted by Crippen LogP contribution is -2.24. The summed E-state index contributed by atoms with van der Waals surface area (Å²) in [7, 11) is 1.37. The molecule has 0 radical (unpaired) electrons. The van der Waals surface area contributed by atoms with Gasteiger partial charge in [0.1, 0.15) is 5.76 Å². The number of halogens is 2. The standard InChI is InChI=1S/C24H40F2O3/c1-5-6-7-8-19-9-11-20(12-10-19)16-29-18(3)28-15-17(2)21-13-14-22(27-4)24(26)23(21)25/h17-20H,5-16H2,1-4H3. The molecule has 0 aliphatic heterocycles. The zero-order valence-electron chi connectivity index (χ0n) is 18.8. The summed E-state index contributed by atoms with van der Waals surface area (Å²) in [6, 6.07) is 0. The maximum absolute atomic E-state index is 14.3. The van der Waals surface area contributed by atoms with Crippen LogP contribution in [0.15, 0.2) is 23.0 Å². The van der Waals surface area contributed by atoms with Gasteiger partial charge >= 0.3 is 0 Å². The van der Waals surface area contributed by atoms with Crippen molar-refractivity contribution in [1.29, 1.82) is 0 Å². The third-order valence-corrected chi connectivity index (χ3v) is 6.51. The number of rotatable bonds is 12. The molecule has 0 aromatic rings. The van der Waals surface area contributed by atoms with E-state index in [9.17, 15) is 8.78 Å². The minimum Gasteiger partial charge on any atom is -0.498 e. The Labute approximate surface area is 175 Å². The van der Waals surface area contributed by atoms with Gasteiger partial charge in [0.25, 0.3) is 0 Å². The lowest BCUT2D eigenvalue weighted by molar-refractivity contribution is -0.145. The van der Waals surface area contributed by atoms with Crippen LogP contribution in [0.1, 0.15) is 85.0 Å². The first-order valence-electron chi connectivity index (χ1n) is 11.5. The van der Waals surface area contributed by atoms with Gasteiger partial charge in [0.05, 0.1) is 20.3 Å². The van der Waals surface area contributed by atoms with Crippen molar-refractivity contribution in [2.45, 2.75) is 91.3 Å². The summed E-state index contributed by atoms with van der Waals surface area (Å²) in [5.41, 5.74) is 0.469. The van der Waals surface area contributed by atoms with Gasteiger partial charge in [0.15, 0.2) is 17.9 Å². The molecule has 5 heteroatoms. The first kappa shape index (κ1) is 24.3. The summed E-state index contributed by atoms with van der Waals surface area (Å²) < 4.78 is 44.8. The zero-order valence-corrected chi connectivity index (χ0v) is 18.8. The highest BCUT2D eigenvalue weighted by Crippen LogP contribution is 2.36. The number of hydrogen-bond donors (Lipinski definition) is 0. The quantitative estimate of drug-likeness (QED) is 0.249. The molecule has 0 spiro atoms. The Morgan fingerprint density at radius 1 is 0.931 bits per heavy atom. The Balaban J connectivity index is 1.66. The van der Waals surface area contributed by atoms with Crippen LogP contribution >= 0.6 is 0 Å². The van der Waals surface area contributed by atoms with E-state index in [1.165, 1.54) is 58.5 Å². The lowest BCUT2D eigenvalue weighted by atomic mass is 9.80. The second-order valence-electron chi connectivity index (χ2n) is 8.80. The van der Waals surface area contributed by atoms with Gasteiger partial charge < -0.3 is 14.2 Å². The molecule has 168 valence electrons. The smallest absolute Gasteiger partial charge is 0.196 e. The Bertz CT molecular complexity index is 550. The monoisotopic (exact) mass is 414 g/mol. The highest BCUT2D eigenvalue weighted by molar-refractivity contribution is 5.33. The minimum absolute atomic E-state index is 0.0937. The van der Waals surface area contributed by atoms with Crippen molar-refractivity contribution >= 4 is 0 Å². The molecule has 2 atom stereocenters. The second-order valence-corrected chi connectivity index (χ2v) is 8.80. The number of hydrogen-bond acceptors (Lipinski definition) is 3. The molecule has 1 saturated carbocycles. The van der Waals surface area contributed by atoms with Crippen LogP contribution in [0.25, 0.3) is 0 Å². The number of allylic oxidation sites excluding steroid dienone is 3. The zero-order chi connectivity index (χ0) is 21.2. The predicted octanol–water partition coefficient (Wildman–Crippen LogP) is 7.23. The molecule has 0 bridgehead atoms. The fraction of sp³-hybridized carbons (Fsp3) is 0.833. The average Bonchev–Trinajstić information content (AvgIpc) is 2.73. The van der Waals surface area contributed by atoms with Crippen LogP contribution in [0.4, 0.5) is 8.78 Å². The van der Waals surface area contributed by atoms with Crippen molar-refractivity contribution in [3.63, 3.8) is 0 Å². The Morgan fingerprint density at radius 2 is 1.62 bits per heavy atom. The van der Waals surface area contributed by atoms with Gasteiger partial charge in [-0.25, -0.2) is 8.78 Å². The molecular weight excluding hydrogens is 374 g/mol. The number of methoxy groups -OCH3 is 1. The van der Waals surface area contributed by atoms with Crippen molar-refractivity contribution in [2.24, 2.45) is 17.8 Å². The van der Waals surface area contributed by atoms with Crippen LogP contribution in [0, 0.1) is 17.8 Å². The lowest BCUT2D eigenvalue weighted by Gasteiger charge is -2.29. The van der Waals surface area contributed by atoms with Gasteiger partial charge in [-0.2, -0.15) is 0 Å². The van der Waals surface area contributed by atoms with Gasteiger partial charge in [0, 0.05) is 12.3 Å². The summed E-state index contributed by atoms with van der Waals surface area (Å²) in [5, 5.41) is 0. The van der Waals surface area contributed by atoms with Crippen molar-refractivity contribution in [2.75, 3.05) is 20.3 Å². The van der Waals surface area contributed by atoms with Crippen LogP contribution in [-0.4, -0.2) is 26.6 Å². The predicted molar refractivity (Wildman–Crippen MR) is 113 cm³/mol. The van der Waals surface area contributed by atoms with E-state index in [1.807, 2.05) is 13.8 Å². The SMILES string of the molecule is CCCCCC1CCC(COC(C)OCC(C)C2=C(F)C(F)=C(OC)CC2)CC1. The third-order valence-electron chi connectivity index (χ3n) is 6.51. The molecule has 2 aliphatic carbocycles.